The monoisotopic (exact) mass is 439 g/mol. The average Bonchev–Trinajstić information content (AvgIpc) is 3.35. The number of para-hydroxylation sites is 2. The highest BCUT2D eigenvalue weighted by Gasteiger charge is 2.23. The number of fused-ring (bicyclic) bond motifs is 1. The van der Waals surface area contributed by atoms with E-state index in [0.29, 0.717) is 40.6 Å². The van der Waals surface area contributed by atoms with Crippen LogP contribution in [0, 0.1) is 0 Å². The molecule has 1 aromatic heterocycles. The number of aromatic nitrogens is 2. The van der Waals surface area contributed by atoms with Crippen LogP contribution in [0.4, 0.5) is 11.5 Å². The Hall–Kier alpha value is -3.59. The summed E-state index contributed by atoms with van der Waals surface area (Å²) >= 11 is 0. The lowest BCUT2D eigenvalue weighted by Gasteiger charge is -2.16. The molecule has 4 rings (SSSR count). The van der Waals surface area contributed by atoms with Gasteiger partial charge in [0.15, 0.2) is 23.0 Å². The summed E-state index contributed by atoms with van der Waals surface area (Å²) in [5.41, 5.74) is 1.89. The van der Waals surface area contributed by atoms with Gasteiger partial charge in [0.25, 0.3) is 0 Å². The molecule has 1 fully saturated rings. The zero-order valence-corrected chi connectivity index (χ0v) is 18.2. The first kappa shape index (κ1) is 21.6. The topological polar surface area (TPSA) is 101 Å². The number of esters is 1. The third-order valence-corrected chi connectivity index (χ3v) is 5.12. The molecule has 32 heavy (non-hydrogen) atoms. The number of rotatable bonds is 8. The number of nitrogens with zero attached hydrogens (tertiary/aromatic N) is 2. The normalized spacial score (nSPS) is 15.4. The minimum absolute atomic E-state index is 0.0791. The Morgan fingerprint density at radius 3 is 2.34 bits per heavy atom. The summed E-state index contributed by atoms with van der Waals surface area (Å²) in [6.45, 7) is 0.864. The predicted molar refractivity (Wildman–Crippen MR) is 118 cm³/mol. The summed E-state index contributed by atoms with van der Waals surface area (Å²) in [5.74, 6) is 1.07. The van der Waals surface area contributed by atoms with Gasteiger partial charge in [-0.15, -0.1) is 0 Å². The van der Waals surface area contributed by atoms with Gasteiger partial charge in [-0.3, -0.25) is 0 Å². The molecule has 0 saturated carbocycles. The fraction of sp³-hybridized carbons (Fsp3) is 0.348. The molecule has 0 aliphatic carbocycles. The Labute approximate surface area is 185 Å². The van der Waals surface area contributed by atoms with Crippen LogP contribution in [0.1, 0.15) is 23.3 Å². The molecule has 2 heterocycles. The average molecular weight is 439 g/mol. The minimum atomic E-state index is -0.575. The molecule has 168 valence electrons. The van der Waals surface area contributed by atoms with Gasteiger partial charge in [-0.2, -0.15) is 0 Å². The SMILES string of the molecule is COc1cc(Nc2nc3ccccc3nc2C(=O)OC[C@@H]2CCCO2)cc(OC)c1OC. The summed E-state index contributed by atoms with van der Waals surface area (Å²) in [7, 11) is 4.60. The fourth-order valence-electron chi connectivity index (χ4n) is 3.53. The lowest BCUT2D eigenvalue weighted by Crippen LogP contribution is -2.19. The first-order valence-electron chi connectivity index (χ1n) is 10.3. The Morgan fingerprint density at radius 1 is 1.06 bits per heavy atom. The van der Waals surface area contributed by atoms with Gasteiger partial charge in [0.2, 0.25) is 5.75 Å². The number of methoxy groups -OCH3 is 3. The maximum atomic E-state index is 12.9. The molecule has 1 aliphatic heterocycles. The van der Waals surface area contributed by atoms with Crippen LogP contribution in [-0.4, -0.2) is 56.6 Å². The Kier molecular flexibility index (Phi) is 6.55. The van der Waals surface area contributed by atoms with E-state index in [1.807, 2.05) is 18.2 Å². The van der Waals surface area contributed by atoms with E-state index in [9.17, 15) is 4.79 Å². The maximum absolute atomic E-state index is 12.9. The molecule has 2 aromatic carbocycles. The smallest absolute Gasteiger partial charge is 0.360 e. The van der Waals surface area contributed by atoms with E-state index < -0.39 is 5.97 Å². The zero-order valence-electron chi connectivity index (χ0n) is 18.2. The number of hydrogen-bond acceptors (Lipinski definition) is 9. The molecule has 0 unspecified atom stereocenters. The predicted octanol–water partition coefficient (Wildman–Crippen LogP) is 3.74. The van der Waals surface area contributed by atoms with Crippen LogP contribution < -0.4 is 19.5 Å². The third kappa shape index (κ3) is 4.52. The molecular formula is C23H25N3O6. The number of carbonyl (C=O) groups is 1. The van der Waals surface area contributed by atoms with Gasteiger partial charge in [-0.25, -0.2) is 14.8 Å². The fourth-order valence-corrected chi connectivity index (χ4v) is 3.53. The molecule has 1 saturated heterocycles. The summed E-state index contributed by atoms with van der Waals surface area (Å²) in [5, 5.41) is 3.15. The van der Waals surface area contributed by atoms with E-state index in [-0.39, 0.29) is 24.2 Å². The highest BCUT2D eigenvalue weighted by Crippen LogP contribution is 2.40. The van der Waals surface area contributed by atoms with Gasteiger partial charge in [-0.05, 0) is 25.0 Å². The van der Waals surface area contributed by atoms with Crippen molar-refractivity contribution in [3.63, 3.8) is 0 Å². The van der Waals surface area contributed by atoms with Crippen molar-refractivity contribution in [1.82, 2.24) is 9.97 Å². The van der Waals surface area contributed by atoms with Crippen molar-refractivity contribution < 1.29 is 28.5 Å². The molecular weight excluding hydrogens is 414 g/mol. The van der Waals surface area contributed by atoms with Crippen LogP contribution in [-0.2, 0) is 9.47 Å². The van der Waals surface area contributed by atoms with E-state index in [1.165, 1.54) is 21.3 Å². The van der Waals surface area contributed by atoms with Gasteiger partial charge in [0, 0.05) is 24.4 Å². The second kappa shape index (κ2) is 9.69. The number of ether oxygens (including phenoxy) is 5. The molecule has 1 aliphatic rings. The number of carbonyl (C=O) groups excluding carboxylic acids is 1. The van der Waals surface area contributed by atoms with Crippen LogP contribution in [0.2, 0.25) is 0 Å². The lowest BCUT2D eigenvalue weighted by molar-refractivity contribution is 0.0157. The van der Waals surface area contributed by atoms with E-state index in [4.69, 9.17) is 23.7 Å². The lowest BCUT2D eigenvalue weighted by atomic mass is 10.2. The van der Waals surface area contributed by atoms with Crippen LogP contribution in [0.5, 0.6) is 17.2 Å². The second-order valence-corrected chi connectivity index (χ2v) is 7.18. The molecule has 0 amide bonds. The minimum Gasteiger partial charge on any atom is -0.493 e. The van der Waals surface area contributed by atoms with E-state index in [0.717, 1.165) is 12.8 Å². The first-order chi connectivity index (χ1) is 15.6. The van der Waals surface area contributed by atoms with Gasteiger partial charge in [0.05, 0.1) is 38.5 Å². The molecule has 0 bridgehead atoms. The number of nitrogens with one attached hydrogen (secondary N) is 1. The van der Waals surface area contributed by atoms with Crippen molar-refractivity contribution >= 4 is 28.5 Å². The maximum Gasteiger partial charge on any atom is 0.360 e. The van der Waals surface area contributed by atoms with Crippen molar-refractivity contribution in [3.05, 3.63) is 42.1 Å². The van der Waals surface area contributed by atoms with Crippen LogP contribution in [0.25, 0.3) is 11.0 Å². The molecule has 3 aromatic rings. The van der Waals surface area contributed by atoms with Gasteiger partial charge < -0.3 is 29.0 Å². The van der Waals surface area contributed by atoms with Crippen LogP contribution in [0.3, 0.4) is 0 Å². The number of benzene rings is 2. The quantitative estimate of drug-likeness (QED) is 0.526. The van der Waals surface area contributed by atoms with Crippen LogP contribution in [0.15, 0.2) is 36.4 Å². The Balaban J connectivity index is 1.69. The van der Waals surface area contributed by atoms with Crippen molar-refractivity contribution in [2.24, 2.45) is 0 Å². The van der Waals surface area contributed by atoms with E-state index in [1.54, 1.807) is 18.2 Å². The Bertz CT molecular complexity index is 1090. The summed E-state index contributed by atoms with van der Waals surface area (Å²) < 4.78 is 27.2. The van der Waals surface area contributed by atoms with E-state index >= 15 is 0 Å². The van der Waals surface area contributed by atoms with Crippen molar-refractivity contribution in [3.8, 4) is 17.2 Å². The summed E-state index contributed by atoms with van der Waals surface area (Å²) in [6, 6.07) is 10.8. The standard InChI is InChI=1S/C23H25N3O6/c1-28-18-11-14(12-19(29-2)21(18)30-3)24-22-20(23(27)32-13-15-7-6-10-31-15)25-16-8-4-5-9-17(16)26-22/h4-5,8-9,11-12,15H,6-7,10,13H2,1-3H3,(H,24,26)/t15-/m0/s1. The highest BCUT2D eigenvalue weighted by molar-refractivity contribution is 5.96. The molecule has 0 radical (unpaired) electrons. The summed E-state index contributed by atoms with van der Waals surface area (Å²) in [4.78, 5) is 22.0. The molecule has 1 N–H and O–H groups in total. The van der Waals surface area contributed by atoms with Crippen LogP contribution >= 0.6 is 0 Å². The van der Waals surface area contributed by atoms with Gasteiger partial charge in [0.1, 0.15) is 6.61 Å². The van der Waals surface area contributed by atoms with Crippen molar-refractivity contribution in [1.29, 1.82) is 0 Å². The molecule has 9 heteroatoms. The molecule has 0 spiro atoms. The van der Waals surface area contributed by atoms with Gasteiger partial charge in [-0.1, -0.05) is 12.1 Å². The zero-order chi connectivity index (χ0) is 22.5. The molecule has 9 nitrogen and oxygen atoms in total. The van der Waals surface area contributed by atoms with Gasteiger partial charge >= 0.3 is 5.97 Å². The summed E-state index contributed by atoms with van der Waals surface area (Å²) in [6.07, 6.45) is 1.75. The third-order valence-electron chi connectivity index (χ3n) is 5.12. The molecule has 1 atom stereocenters. The highest BCUT2D eigenvalue weighted by atomic mass is 16.6. The Morgan fingerprint density at radius 2 is 1.75 bits per heavy atom. The van der Waals surface area contributed by atoms with E-state index in [2.05, 4.69) is 15.3 Å². The second-order valence-electron chi connectivity index (χ2n) is 7.18. The number of anilines is 2. The van der Waals surface area contributed by atoms with Crippen molar-refractivity contribution in [2.45, 2.75) is 18.9 Å². The first-order valence-corrected chi connectivity index (χ1v) is 10.3. The number of hydrogen-bond donors (Lipinski definition) is 1. The largest absolute Gasteiger partial charge is 0.493 e. The van der Waals surface area contributed by atoms with Crippen molar-refractivity contribution in [2.75, 3.05) is 39.9 Å².